The monoisotopic (exact) mass is 352 g/mol. The molecule has 0 unspecified atom stereocenters. The Morgan fingerprint density at radius 2 is 2.00 bits per heavy atom. The van der Waals surface area contributed by atoms with Crippen LogP contribution in [0, 0.1) is 6.92 Å². The lowest BCUT2D eigenvalue weighted by Gasteiger charge is -2.03. The Morgan fingerprint density at radius 3 is 2.77 bits per heavy atom. The fraction of sp³-hybridized carbons (Fsp3) is 0.150. The van der Waals surface area contributed by atoms with Gasteiger partial charge in [0.15, 0.2) is 11.5 Å². The highest BCUT2D eigenvalue weighted by molar-refractivity contribution is 6.18. The van der Waals surface area contributed by atoms with Gasteiger partial charge in [0.1, 0.15) is 16.9 Å². The molecule has 1 aliphatic rings. The molecule has 132 valence electrons. The van der Waals surface area contributed by atoms with Crippen LogP contribution in [0.4, 0.5) is 0 Å². The molecule has 0 amide bonds. The predicted molar refractivity (Wildman–Crippen MR) is 95.1 cm³/mol. The number of aliphatic carboxylic acids is 1. The van der Waals surface area contributed by atoms with E-state index >= 15 is 0 Å². The van der Waals surface area contributed by atoms with Gasteiger partial charge in [-0.3, -0.25) is 0 Å². The van der Waals surface area contributed by atoms with Gasteiger partial charge in [-0.05, 0) is 25.1 Å². The molecule has 1 aliphatic heterocycles. The minimum absolute atomic E-state index is 0.0316. The summed E-state index contributed by atoms with van der Waals surface area (Å²) in [7, 11) is 1.41. The Kier molecular flexibility index (Phi) is 3.80. The molecule has 0 fully saturated rings. The van der Waals surface area contributed by atoms with Gasteiger partial charge in [-0.2, -0.15) is 0 Å². The second kappa shape index (κ2) is 6.15. The zero-order valence-electron chi connectivity index (χ0n) is 14.2. The number of carboxylic acid groups (broad SMARTS) is 1. The lowest BCUT2D eigenvalue weighted by Crippen LogP contribution is -2.00. The van der Waals surface area contributed by atoms with Crippen LogP contribution in [-0.2, 0) is 9.53 Å². The van der Waals surface area contributed by atoms with E-state index in [0.717, 1.165) is 16.5 Å². The van der Waals surface area contributed by atoms with E-state index in [0.29, 0.717) is 28.4 Å². The van der Waals surface area contributed by atoms with E-state index in [1.165, 1.54) is 13.4 Å². The highest BCUT2D eigenvalue weighted by Gasteiger charge is 2.22. The van der Waals surface area contributed by atoms with Gasteiger partial charge in [-0.1, -0.05) is 18.2 Å². The quantitative estimate of drug-likeness (QED) is 0.560. The number of carboxylic acids is 1. The van der Waals surface area contributed by atoms with Crippen molar-refractivity contribution in [3.05, 3.63) is 53.8 Å². The second-order valence-electron chi connectivity index (χ2n) is 5.88. The Labute approximate surface area is 149 Å². The lowest BCUT2D eigenvalue weighted by molar-refractivity contribution is -0.130. The average molecular weight is 352 g/mol. The molecule has 0 atom stereocenters. The molecular formula is C20H16O6. The number of aryl methyl sites for hydroxylation is 1. The maximum absolute atomic E-state index is 11.6. The normalized spacial score (nSPS) is 13.2. The van der Waals surface area contributed by atoms with E-state index in [9.17, 15) is 9.90 Å². The number of hydrogen-bond acceptors (Lipinski definition) is 5. The summed E-state index contributed by atoms with van der Waals surface area (Å²) >= 11 is 0. The Bertz CT molecular complexity index is 1040. The Morgan fingerprint density at radius 1 is 1.19 bits per heavy atom. The molecule has 1 aromatic heterocycles. The van der Waals surface area contributed by atoms with Crippen LogP contribution in [0.2, 0.25) is 0 Å². The van der Waals surface area contributed by atoms with Crippen molar-refractivity contribution < 1.29 is 28.5 Å². The van der Waals surface area contributed by atoms with Crippen LogP contribution in [0.5, 0.6) is 11.5 Å². The van der Waals surface area contributed by atoms with Crippen molar-refractivity contribution in [2.24, 2.45) is 0 Å². The van der Waals surface area contributed by atoms with Crippen molar-refractivity contribution in [3.8, 4) is 22.8 Å². The lowest BCUT2D eigenvalue weighted by atomic mass is 10.0. The first-order valence-electron chi connectivity index (χ1n) is 7.99. The SMILES string of the molecule is COC=C(C(=O)O)c1cccc2c(C)c(-c3ccc4c(c3)OCO4)oc12. The summed E-state index contributed by atoms with van der Waals surface area (Å²) < 4.78 is 21.8. The summed E-state index contributed by atoms with van der Waals surface area (Å²) in [6.07, 6.45) is 1.20. The molecule has 26 heavy (non-hydrogen) atoms. The first-order valence-corrected chi connectivity index (χ1v) is 7.99. The highest BCUT2D eigenvalue weighted by Crippen LogP contribution is 2.40. The topological polar surface area (TPSA) is 78.1 Å². The Balaban J connectivity index is 1.91. The molecule has 0 saturated heterocycles. The summed E-state index contributed by atoms with van der Waals surface area (Å²) in [6, 6.07) is 11.0. The first-order chi connectivity index (χ1) is 12.6. The van der Waals surface area contributed by atoms with Crippen LogP contribution in [0.3, 0.4) is 0 Å². The number of rotatable bonds is 4. The third kappa shape index (κ3) is 2.47. The van der Waals surface area contributed by atoms with E-state index in [-0.39, 0.29) is 12.4 Å². The van der Waals surface area contributed by atoms with Crippen LogP contribution >= 0.6 is 0 Å². The summed E-state index contributed by atoms with van der Waals surface area (Å²) in [6.45, 7) is 2.14. The molecule has 3 aromatic rings. The van der Waals surface area contributed by atoms with Crippen LogP contribution in [-0.4, -0.2) is 25.0 Å². The summed E-state index contributed by atoms with van der Waals surface area (Å²) in [5, 5.41) is 10.3. The zero-order valence-corrected chi connectivity index (χ0v) is 14.2. The number of fused-ring (bicyclic) bond motifs is 2. The number of carbonyl (C=O) groups is 1. The van der Waals surface area contributed by atoms with Gasteiger partial charge >= 0.3 is 5.97 Å². The maximum Gasteiger partial charge on any atom is 0.339 e. The van der Waals surface area contributed by atoms with E-state index in [4.69, 9.17) is 18.6 Å². The summed E-state index contributed by atoms with van der Waals surface area (Å²) in [4.78, 5) is 11.6. The van der Waals surface area contributed by atoms with Gasteiger partial charge in [0.2, 0.25) is 6.79 Å². The molecule has 1 N–H and O–H groups in total. The highest BCUT2D eigenvalue weighted by atomic mass is 16.7. The number of para-hydroxylation sites is 1. The van der Waals surface area contributed by atoms with Crippen molar-refractivity contribution >= 4 is 22.5 Å². The number of hydrogen-bond donors (Lipinski definition) is 1. The minimum Gasteiger partial charge on any atom is -0.503 e. The molecule has 0 bridgehead atoms. The third-order valence-corrected chi connectivity index (χ3v) is 4.35. The average Bonchev–Trinajstić information content (AvgIpc) is 3.23. The van der Waals surface area contributed by atoms with Crippen LogP contribution < -0.4 is 9.47 Å². The molecule has 6 heteroatoms. The molecule has 0 spiro atoms. The van der Waals surface area contributed by atoms with Crippen molar-refractivity contribution in [1.82, 2.24) is 0 Å². The van der Waals surface area contributed by atoms with Gasteiger partial charge in [0.25, 0.3) is 0 Å². The minimum atomic E-state index is -1.09. The van der Waals surface area contributed by atoms with Gasteiger partial charge < -0.3 is 23.7 Å². The smallest absolute Gasteiger partial charge is 0.339 e. The van der Waals surface area contributed by atoms with E-state index in [2.05, 4.69) is 0 Å². The van der Waals surface area contributed by atoms with Gasteiger partial charge in [-0.25, -0.2) is 4.79 Å². The molecule has 0 radical (unpaired) electrons. The standard InChI is InChI=1S/C20H16O6/c1-11-13-4-3-5-14(15(9-23-2)20(21)22)19(13)26-18(11)12-6-7-16-17(8-12)25-10-24-16/h3-9H,10H2,1-2H3,(H,21,22). The van der Waals surface area contributed by atoms with Crippen molar-refractivity contribution in [1.29, 1.82) is 0 Å². The molecule has 0 saturated carbocycles. The number of furan rings is 1. The van der Waals surface area contributed by atoms with Gasteiger partial charge in [-0.15, -0.1) is 0 Å². The van der Waals surface area contributed by atoms with Gasteiger partial charge in [0.05, 0.1) is 13.4 Å². The van der Waals surface area contributed by atoms with E-state index in [1.807, 2.05) is 31.2 Å². The zero-order chi connectivity index (χ0) is 18.3. The fourth-order valence-corrected chi connectivity index (χ4v) is 3.12. The molecule has 0 aliphatic carbocycles. The largest absolute Gasteiger partial charge is 0.503 e. The fourth-order valence-electron chi connectivity index (χ4n) is 3.12. The van der Waals surface area contributed by atoms with E-state index < -0.39 is 5.97 Å². The van der Waals surface area contributed by atoms with Crippen molar-refractivity contribution in [2.45, 2.75) is 6.92 Å². The van der Waals surface area contributed by atoms with Crippen LogP contribution in [0.1, 0.15) is 11.1 Å². The number of methoxy groups -OCH3 is 1. The first kappa shape index (κ1) is 16.1. The number of ether oxygens (including phenoxy) is 3. The number of benzene rings is 2. The maximum atomic E-state index is 11.6. The van der Waals surface area contributed by atoms with Crippen molar-refractivity contribution in [2.75, 3.05) is 13.9 Å². The molecule has 2 heterocycles. The third-order valence-electron chi connectivity index (χ3n) is 4.35. The van der Waals surface area contributed by atoms with Crippen LogP contribution in [0.25, 0.3) is 27.9 Å². The molecule has 4 rings (SSSR count). The van der Waals surface area contributed by atoms with Crippen LogP contribution in [0.15, 0.2) is 47.1 Å². The summed E-state index contributed by atoms with van der Waals surface area (Å²) in [5.41, 5.74) is 2.75. The molecular weight excluding hydrogens is 336 g/mol. The summed E-state index contributed by atoms with van der Waals surface area (Å²) in [5.74, 6) is 0.929. The molecule has 2 aromatic carbocycles. The van der Waals surface area contributed by atoms with Gasteiger partial charge in [0, 0.05) is 22.1 Å². The van der Waals surface area contributed by atoms with Crippen molar-refractivity contribution in [3.63, 3.8) is 0 Å². The second-order valence-corrected chi connectivity index (χ2v) is 5.88. The predicted octanol–water partition coefficient (Wildman–Crippen LogP) is 4.21. The molecule has 6 nitrogen and oxygen atoms in total. The Hall–Kier alpha value is -3.41. The van der Waals surface area contributed by atoms with E-state index in [1.54, 1.807) is 12.1 Å².